The summed E-state index contributed by atoms with van der Waals surface area (Å²) >= 11 is 0. The van der Waals surface area contributed by atoms with Crippen molar-refractivity contribution in [2.45, 2.75) is 51.2 Å². The van der Waals surface area contributed by atoms with Crippen LogP contribution in [0.3, 0.4) is 0 Å². The maximum Gasteiger partial charge on any atom is 0.139 e. The fourth-order valence-electron chi connectivity index (χ4n) is 2.92. The highest BCUT2D eigenvalue weighted by Crippen LogP contribution is 2.39. The van der Waals surface area contributed by atoms with E-state index in [0.29, 0.717) is 6.04 Å². The minimum absolute atomic E-state index is 0.0199. The smallest absolute Gasteiger partial charge is 0.139 e. The van der Waals surface area contributed by atoms with E-state index in [9.17, 15) is 0 Å². The SMILES string of the molecule is CC(C)NCCC1(Oc2cnc3ccccc3c2)CCC1. The lowest BCUT2D eigenvalue weighted by molar-refractivity contribution is -0.0146. The summed E-state index contributed by atoms with van der Waals surface area (Å²) in [5.74, 6) is 0.901. The van der Waals surface area contributed by atoms with Crippen LogP contribution in [0.2, 0.25) is 0 Å². The summed E-state index contributed by atoms with van der Waals surface area (Å²) in [5, 5.41) is 4.63. The second-order valence-electron chi connectivity index (χ2n) is 6.36. The molecule has 1 aliphatic rings. The summed E-state index contributed by atoms with van der Waals surface area (Å²) in [4.78, 5) is 4.49. The molecule has 0 unspecified atom stereocenters. The first-order valence-corrected chi connectivity index (χ1v) is 7.94. The first kappa shape index (κ1) is 14.3. The van der Waals surface area contributed by atoms with Gasteiger partial charge in [0.1, 0.15) is 11.4 Å². The van der Waals surface area contributed by atoms with Gasteiger partial charge in [0.15, 0.2) is 0 Å². The lowest BCUT2D eigenvalue weighted by atomic mass is 9.77. The van der Waals surface area contributed by atoms with Crippen molar-refractivity contribution in [3.63, 3.8) is 0 Å². The highest BCUT2D eigenvalue weighted by atomic mass is 16.5. The molecule has 0 amide bonds. The fourth-order valence-corrected chi connectivity index (χ4v) is 2.92. The second-order valence-corrected chi connectivity index (χ2v) is 6.36. The van der Waals surface area contributed by atoms with Crippen molar-refractivity contribution >= 4 is 10.9 Å². The quantitative estimate of drug-likeness (QED) is 0.873. The van der Waals surface area contributed by atoms with Gasteiger partial charge in [-0.1, -0.05) is 32.0 Å². The number of nitrogens with zero attached hydrogens (tertiary/aromatic N) is 1. The van der Waals surface area contributed by atoms with E-state index in [1.54, 1.807) is 0 Å². The van der Waals surface area contributed by atoms with Crippen LogP contribution in [0.1, 0.15) is 39.5 Å². The number of pyridine rings is 1. The lowest BCUT2D eigenvalue weighted by Gasteiger charge is -2.42. The summed E-state index contributed by atoms with van der Waals surface area (Å²) in [7, 11) is 0. The van der Waals surface area contributed by atoms with E-state index in [-0.39, 0.29) is 5.60 Å². The lowest BCUT2D eigenvalue weighted by Crippen LogP contribution is -2.46. The third kappa shape index (κ3) is 3.35. The number of hydrogen-bond donors (Lipinski definition) is 1. The minimum Gasteiger partial charge on any atom is -0.486 e. The molecule has 1 aromatic carbocycles. The summed E-state index contributed by atoms with van der Waals surface area (Å²) in [6.07, 6.45) is 6.50. The third-order valence-electron chi connectivity index (χ3n) is 4.30. The molecule has 1 N–H and O–H groups in total. The van der Waals surface area contributed by atoms with Crippen LogP contribution in [0, 0.1) is 0 Å². The summed E-state index contributed by atoms with van der Waals surface area (Å²) in [6.45, 7) is 5.38. The zero-order valence-electron chi connectivity index (χ0n) is 12.9. The maximum absolute atomic E-state index is 6.33. The molecule has 1 aliphatic carbocycles. The first-order valence-electron chi connectivity index (χ1n) is 7.94. The van der Waals surface area contributed by atoms with E-state index in [1.807, 2.05) is 24.4 Å². The van der Waals surface area contributed by atoms with Gasteiger partial charge in [0.25, 0.3) is 0 Å². The molecule has 3 heteroatoms. The number of para-hydroxylation sites is 1. The van der Waals surface area contributed by atoms with E-state index in [2.05, 4.69) is 36.3 Å². The molecule has 0 radical (unpaired) electrons. The average Bonchev–Trinajstić information content (AvgIpc) is 2.44. The van der Waals surface area contributed by atoms with Gasteiger partial charge in [0, 0.05) is 11.4 Å². The molecular weight excluding hydrogens is 260 g/mol. The molecule has 0 spiro atoms. The van der Waals surface area contributed by atoms with Gasteiger partial charge in [0.2, 0.25) is 0 Å². The summed E-state index contributed by atoms with van der Waals surface area (Å²) in [5.41, 5.74) is 1.04. The number of fused-ring (bicyclic) bond motifs is 1. The van der Waals surface area contributed by atoms with Crippen LogP contribution in [0.4, 0.5) is 0 Å². The van der Waals surface area contributed by atoms with Crippen molar-refractivity contribution < 1.29 is 4.74 Å². The van der Waals surface area contributed by atoms with Crippen molar-refractivity contribution in [1.82, 2.24) is 10.3 Å². The van der Waals surface area contributed by atoms with Crippen LogP contribution in [0.15, 0.2) is 36.5 Å². The number of nitrogens with one attached hydrogen (secondary N) is 1. The van der Waals surface area contributed by atoms with Gasteiger partial charge in [-0.3, -0.25) is 4.98 Å². The Labute approximate surface area is 126 Å². The van der Waals surface area contributed by atoms with Crippen LogP contribution >= 0.6 is 0 Å². The Balaban J connectivity index is 1.70. The molecule has 3 nitrogen and oxygen atoms in total. The summed E-state index contributed by atoms with van der Waals surface area (Å²) in [6, 6.07) is 10.8. The molecule has 1 saturated carbocycles. The molecule has 1 aromatic heterocycles. The number of ether oxygens (including phenoxy) is 1. The van der Waals surface area contributed by atoms with Gasteiger partial charge in [-0.2, -0.15) is 0 Å². The Morgan fingerprint density at radius 2 is 2.10 bits per heavy atom. The Kier molecular flexibility index (Phi) is 4.11. The highest BCUT2D eigenvalue weighted by molar-refractivity contribution is 5.79. The van der Waals surface area contributed by atoms with Crippen LogP contribution in [0.25, 0.3) is 10.9 Å². The zero-order chi connectivity index (χ0) is 14.7. The molecule has 0 saturated heterocycles. The van der Waals surface area contributed by atoms with E-state index in [4.69, 9.17) is 4.74 Å². The predicted molar refractivity (Wildman–Crippen MR) is 86.7 cm³/mol. The minimum atomic E-state index is 0.0199. The van der Waals surface area contributed by atoms with E-state index < -0.39 is 0 Å². The molecule has 1 heterocycles. The number of benzene rings is 1. The molecular formula is C18H24N2O. The fraction of sp³-hybridized carbons (Fsp3) is 0.500. The Bertz CT molecular complexity index is 605. The van der Waals surface area contributed by atoms with Gasteiger partial charge in [0.05, 0.1) is 11.7 Å². The van der Waals surface area contributed by atoms with Gasteiger partial charge in [-0.25, -0.2) is 0 Å². The summed E-state index contributed by atoms with van der Waals surface area (Å²) < 4.78 is 6.33. The maximum atomic E-state index is 6.33. The van der Waals surface area contributed by atoms with Crippen LogP contribution in [-0.4, -0.2) is 23.2 Å². The predicted octanol–water partition coefficient (Wildman–Crippen LogP) is 3.92. The molecule has 2 aromatic rings. The average molecular weight is 284 g/mol. The zero-order valence-corrected chi connectivity index (χ0v) is 12.9. The van der Waals surface area contributed by atoms with Gasteiger partial charge in [-0.05, 0) is 44.4 Å². The second kappa shape index (κ2) is 6.02. The van der Waals surface area contributed by atoms with E-state index >= 15 is 0 Å². The Hall–Kier alpha value is -1.61. The van der Waals surface area contributed by atoms with Gasteiger partial charge < -0.3 is 10.1 Å². The van der Waals surface area contributed by atoms with Crippen LogP contribution in [-0.2, 0) is 0 Å². The van der Waals surface area contributed by atoms with E-state index in [1.165, 1.54) is 6.42 Å². The van der Waals surface area contributed by atoms with Gasteiger partial charge in [-0.15, -0.1) is 0 Å². The molecule has 21 heavy (non-hydrogen) atoms. The first-order chi connectivity index (χ1) is 10.2. The number of hydrogen-bond acceptors (Lipinski definition) is 3. The standard InChI is InChI=1S/C18H24N2O/c1-14(2)19-11-10-18(8-5-9-18)21-16-12-15-6-3-4-7-17(15)20-13-16/h3-4,6-7,12-14,19H,5,8-11H2,1-2H3. The van der Waals surface area contributed by atoms with Crippen LogP contribution in [0.5, 0.6) is 5.75 Å². The van der Waals surface area contributed by atoms with Crippen LogP contribution < -0.4 is 10.1 Å². The molecule has 0 bridgehead atoms. The monoisotopic (exact) mass is 284 g/mol. The normalized spacial score (nSPS) is 16.9. The van der Waals surface area contributed by atoms with Crippen molar-refractivity contribution in [2.24, 2.45) is 0 Å². The Morgan fingerprint density at radius 3 is 2.81 bits per heavy atom. The van der Waals surface area contributed by atoms with Crippen molar-refractivity contribution in [1.29, 1.82) is 0 Å². The largest absolute Gasteiger partial charge is 0.486 e. The molecule has 3 rings (SSSR count). The molecule has 0 aliphatic heterocycles. The third-order valence-corrected chi connectivity index (χ3v) is 4.30. The molecule has 0 atom stereocenters. The van der Waals surface area contributed by atoms with Crippen molar-refractivity contribution in [3.8, 4) is 5.75 Å². The van der Waals surface area contributed by atoms with Crippen molar-refractivity contribution in [2.75, 3.05) is 6.54 Å². The highest BCUT2D eigenvalue weighted by Gasteiger charge is 2.38. The number of rotatable bonds is 6. The topological polar surface area (TPSA) is 34.1 Å². The van der Waals surface area contributed by atoms with E-state index in [0.717, 1.165) is 42.5 Å². The van der Waals surface area contributed by atoms with Gasteiger partial charge >= 0.3 is 0 Å². The number of aromatic nitrogens is 1. The molecule has 1 fully saturated rings. The van der Waals surface area contributed by atoms with Crippen molar-refractivity contribution in [3.05, 3.63) is 36.5 Å². The molecule has 112 valence electrons. The Morgan fingerprint density at radius 1 is 1.29 bits per heavy atom.